The third-order valence-corrected chi connectivity index (χ3v) is 0. The molecule has 0 N–H and O–H groups in total. The van der Waals surface area contributed by atoms with Gasteiger partial charge in [0.05, 0.1) is 0 Å². The molecule has 8 heteroatoms. The summed E-state index contributed by atoms with van der Waals surface area (Å²) >= 11 is -3.50. The van der Waals surface area contributed by atoms with E-state index < -0.39 is 31.0 Å². The van der Waals surface area contributed by atoms with E-state index in [1.165, 1.54) is 0 Å². The summed E-state index contributed by atoms with van der Waals surface area (Å²) in [6.07, 6.45) is 0. The van der Waals surface area contributed by atoms with Crippen molar-refractivity contribution in [3.63, 3.8) is 0 Å². The second-order valence-corrected chi connectivity index (χ2v) is 0.577. The molecule has 0 aromatic heterocycles. The van der Waals surface area contributed by atoms with E-state index in [1.54, 1.807) is 0 Å². The van der Waals surface area contributed by atoms with E-state index in [-0.39, 0.29) is 60.4 Å². The maximum atomic E-state index is 8.46. The van der Waals surface area contributed by atoms with Gasteiger partial charge < -0.3 is 0 Å². The van der Waals surface area contributed by atoms with Crippen molar-refractivity contribution in [3.8, 4) is 0 Å². The van der Waals surface area contributed by atoms with E-state index in [4.69, 9.17) is 15.9 Å². The van der Waals surface area contributed by atoms with Gasteiger partial charge in [0.2, 0.25) is 0 Å². The van der Waals surface area contributed by atoms with Crippen molar-refractivity contribution in [1.29, 1.82) is 0 Å². The van der Waals surface area contributed by atoms with Crippen LogP contribution in [0.1, 0.15) is 0 Å². The fourth-order valence-corrected chi connectivity index (χ4v) is 0. The molecule has 8 heavy (non-hydrogen) atoms. The average Bonchev–Trinajstić information content (AvgIpc) is 1.39. The number of rotatable bonds is 0. The van der Waals surface area contributed by atoms with Crippen molar-refractivity contribution in [2.24, 2.45) is 0 Å². The Hall–Kier alpha value is 2.28. The van der Waals surface area contributed by atoms with E-state index in [1.807, 2.05) is 0 Å². The maximum absolute atomic E-state index is 8.46. The summed E-state index contributed by atoms with van der Waals surface area (Å²) in [5.74, 6) is 0. The Morgan fingerprint density at radius 2 is 1.00 bits per heavy atom. The first-order valence-corrected chi connectivity index (χ1v) is 2.83. The molecule has 0 aromatic rings. The second-order valence-electron chi connectivity index (χ2n) is 0.192. The van der Waals surface area contributed by atoms with Crippen LogP contribution >= 0.6 is 0 Å². The van der Waals surface area contributed by atoms with Crippen LogP contribution in [0.3, 0.4) is 0 Å². The molecule has 0 fully saturated rings. The summed E-state index contributed by atoms with van der Waals surface area (Å²) in [5, 5.41) is 0. The van der Waals surface area contributed by atoms with Gasteiger partial charge in [0.1, 0.15) is 0 Å². The third-order valence-electron chi connectivity index (χ3n) is 0. The number of hydrogen-bond donors (Lipinski definition) is 0. The zero-order valence-corrected chi connectivity index (χ0v) is 9.36. The predicted molar refractivity (Wildman–Crippen MR) is 18.6 cm³/mol. The fourth-order valence-electron chi connectivity index (χ4n) is 0. The van der Waals surface area contributed by atoms with Crippen LogP contribution in [0, 0.1) is 37.3 Å². The van der Waals surface area contributed by atoms with Crippen molar-refractivity contribution in [3.05, 3.63) is 0 Å². The zero-order chi connectivity index (χ0) is 5.41. The molecule has 0 aliphatic carbocycles. The molecule has 0 unspecified atom stereocenters. The summed E-state index contributed by atoms with van der Waals surface area (Å²) in [7, 11) is 0. The van der Waals surface area contributed by atoms with E-state index in [2.05, 4.69) is 0 Å². The van der Waals surface area contributed by atoms with Gasteiger partial charge in [-0.3, -0.25) is 0 Å². The van der Waals surface area contributed by atoms with Crippen LogP contribution in [0.15, 0.2) is 0 Å². The topological polar surface area (TPSA) is 80.3 Å². The Labute approximate surface area is 105 Å². The van der Waals surface area contributed by atoms with Crippen molar-refractivity contribution in [2.45, 2.75) is 0 Å². The van der Waals surface area contributed by atoms with Crippen LogP contribution in [0.2, 0.25) is 0 Å². The Bertz CT molecular complexity index is 35.0. The first kappa shape index (κ1) is 22.4. The summed E-state index contributed by atoms with van der Waals surface area (Å²) in [6, 6.07) is 0. The van der Waals surface area contributed by atoms with Gasteiger partial charge in [-0.05, 0) is 0 Å². The minimum absolute atomic E-state index is 0. The standard InChI is InChI=1S/2Al.Er.Mg.4O/q;;;+2;;;2*-1. The first-order chi connectivity index (χ1) is 2.83. The molecule has 0 spiro atoms. The van der Waals surface area contributed by atoms with Gasteiger partial charge in [0.25, 0.3) is 0 Å². The molecule has 4 nitrogen and oxygen atoms in total. The van der Waals surface area contributed by atoms with Gasteiger partial charge in [-0.2, -0.15) is 0 Å². The van der Waals surface area contributed by atoms with E-state index >= 15 is 0 Å². The van der Waals surface area contributed by atoms with Crippen LogP contribution in [0.4, 0.5) is 0 Å². The summed E-state index contributed by atoms with van der Waals surface area (Å²) in [5.41, 5.74) is 0. The van der Waals surface area contributed by atoms with E-state index in [0.717, 1.165) is 0 Å². The van der Waals surface area contributed by atoms with E-state index in [0.29, 0.717) is 0 Å². The molecule has 0 saturated carbocycles. The van der Waals surface area contributed by atoms with E-state index in [9.17, 15) is 0 Å². The molecule has 0 radical (unpaired) electrons. The van der Waals surface area contributed by atoms with Gasteiger partial charge in [0, 0.05) is 37.3 Å². The monoisotopic (exact) mass is 308 g/mol. The van der Waals surface area contributed by atoms with Gasteiger partial charge >= 0.3 is 70.0 Å². The Morgan fingerprint density at radius 3 is 1.00 bits per heavy atom. The van der Waals surface area contributed by atoms with Crippen molar-refractivity contribution >= 4 is 54.0 Å². The Balaban J connectivity index is -0.0000000160. The third kappa shape index (κ3) is 84.5. The fraction of sp³-hybridized carbons (Fsp3) is 0. The molecule has 0 atom stereocenters. The van der Waals surface area contributed by atoms with Crippen molar-refractivity contribution in [1.82, 2.24) is 0 Å². The molecular weight excluding hydrogens is 310 g/mol. The number of hydrogen-bond acceptors (Lipinski definition) is 4. The van der Waals surface area contributed by atoms with Crippen molar-refractivity contribution < 1.29 is 53.2 Å². The van der Waals surface area contributed by atoms with Crippen LogP contribution in [0.5, 0.6) is 0 Å². The first-order valence-electron chi connectivity index (χ1n) is 0.943. The van der Waals surface area contributed by atoms with Gasteiger partial charge in [-0.1, -0.05) is 0 Å². The average molecular weight is 310 g/mol. The molecule has 0 aliphatic rings. The zero-order valence-electron chi connectivity index (χ0n) is 3.78. The van der Waals surface area contributed by atoms with Crippen LogP contribution in [-0.4, -0.2) is 54.0 Å². The quantitative estimate of drug-likeness (QED) is 0.431. The molecule has 0 aliphatic heterocycles. The molecule has 0 bridgehead atoms. The summed E-state index contributed by atoms with van der Waals surface area (Å²) < 4.78 is 33.8. The van der Waals surface area contributed by atoms with Crippen LogP contribution in [-0.2, 0) is 7.61 Å². The normalized spacial score (nSPS) is 2.00. The second kappa shape index (κ2) is 34.7. The SMILES string of the molecule is [Er].[Mg+2].[O]=[Al][O-].[O]=[Al][O-]. The molecule has 0 amide bonds. The van der Waals surface area contributed by atoms with Crippen molar-refractivity contribution in [2.75, 3.05) is 0 Å². The molecule has 0 heterocycles. The van der Waals surface area contributed by atoms with Crippen LogP contribution < -0.4 is 8.32 Å². The summed E-state index contributed by atoms with van der Waals surface area (Å²) in [4.78, 5) is 0. The molecule has 0 saturated heterocycles. The minimum atomic E-state index is -1.75. The molecular formula is Al2ErMgO4. The molecule has 0 aromatic carbocycles. The summed E-state index contributed by atoms with van der Waals surface area (Å²) in [6.45, 7) is 0. The molecule has 0 rings (SSSR count). The Kier molecular flexibility index (Phi) is 97.5. The van der Waals surface area contributed by atoms with Gasteiger partial charge in [0.15, 0.2) is 0 Å². The van der Waals surface area contributed by atoms with Gasteiger partial charge in [-0.15, -0.1) is 0 Å². The Morgan fingerprint density at radius 1 is 1.00 bits per heavy atom. The van der Waals surface area contributed by atoms with Crippen LogP contribution in [0.25, 0.3) is 0 Å². The molecule has 44 valence electrons. The van der Waals surface area contributed by atoms with Gasteiger partial charge in [-0.25, -0.2) is 0 Å². The predicted octanol–water partition coefficient (Wildman–Crippen LogP) is -3.76.